The van der Waals surface area contributed by atoms with Gasteiger partial charge in [-0.15, -0.1) is 0 Å². The number of aromatic nitrogens is 1. The monoisotopic (exact) mass is 395 g/mol. The number of carbonyl (C=O) groups is 2. The van der Waals surface area contributed by atoms with Gasteiger partial charge in [0.15, 0.2) is 0 Å². The van der Waals surface area contributed by atoms with Crippen LogP contribution in [0.2, 0.25) is 0 Å². The first-order valence-electron chi connectivity index (χ1n) is 9.09. The predicted octanol–water partition coefficient (Wildman–Crippen LogP) is 3.18. The quantitative estimate of drug-likeness (QED) is 0.646. The van der Waals surface area contributed by atoms with E-state index in [1.165, 1.54) is 18.3 Å². The largest absolute Gasteiger partial charge is 0.478 e. The van der Waals surface area contributed by atoms with E-state index in [9.17, 15) is 9.59 Å². The number of carbonyl (C=O) groups excluding carboxylic acids is 1. The standard InChI is InChI=1S/C24H17N3O3/c25-15-18-6-4-17(5-7-18)2-1-3-22-14-21(12-13-26-22)23(28)27-16-19-8-10-20(11-9-19)24(29)30/h4-14H,2,16H2,(H,27,28)(H,29,30). The molecule has 0 fully saturated rings. The summed E-state index contributed by atoms with van der Waals surface area (Å²) in [5.74, 6) is 4.71. The van der Waals surface area contributed by atoms with Crippen molar-refractivity contribution in [2.45, 2.75) is 13.0 Å². The zero-order valence-electron chi connectivity index (χ0n) is 15.9. The van der Waals surface area contributed by atoms with Crippen molar-refractivity contribution in [3.05, 3.63) is 100 Å². The van der Waals surface area contributed by atoms with Gasteiger partial charge >= 0.3 is 5.97 Å². The molecule has 0 radical (unpaired) electrons. The molecule has 6 nitrogen and oxygen atoms in total. The van der Waals surface area contributed by atoms with Gasteiger partial charge in [-0.25, -0.2) is 9.78 Å². The second-order valence-corrected chi connectivity index (χ2v) is 6.40. The Morgan fingerprint density at radius 1 is 0.967 bits per heavy atom. The van der Waals surface area contributed by atoms with E-state index in [-0.39, 0.29) is 18.0 Å². The molecule has 30 heavy (non-hydrogen) atoms. The molecule has 0 atom stereocenters. The van der Waals surface area contributed by atoms with Crippen molar-refractivity contribution in [3.63, 3.8) is 0 Å². The highest BCUT2D eigenvalue weighted by Crippen LogP contribution is 2.07. The third-order valence-corrected chi connectivity index (χ3v) is 4.27. The summed E-state index contributed by atoms with van der Waals surface area (Å²) in [5.41, 5.74) is 3.51. The number of benzene rings is 2. The Hall–Kier alpha value is -4.42. The van der Waals surface area contributed by atoms with Gasteiger partial charge in [0, 0.05) is 24.7 Å². The number of aromatic carboxylic acids is 1. The van der Waals surface area contributed by atoms with Gasteiger partial charge in [-0.1, -0.05) is 30.2 Å². The minimum absolute atomic E-state index is 0.198. The summed E-state index contributed by atoms with van der Waals surface area (Å²) in [6.45, 7) is 0.279. The van der Waals surface area contributed by atoms with Crippen LogP contribution in [0.5, 0.6) is 0 Å². The normalized spacial score (nSPS) is 9.70. The van der Waals surface area contributed by atoms with Gasteiger partial charge in [-0.2, -0.15) is 5.26 Å². The van der Waals surface area contributed by atoms with Crippen molar-refractivity contribution in [1.82, 2.24) is 10.3 Å². The Morgan fingerprint density at radius 2 is 1.67 bits per heavy atom. The molecule has 146 valence electrons. The SMILES string of the molecule is N#Cc1ccc(CC#Cc2cc(C(=O)NCc3ccc(C(=O)O)cc3)ccn2)cc1. The van der Waals surface area contributed by atoms with Crippen LogP contribution in [0.4, 0.5) is 0 Å². The lowest BCUT2D eigenvalue weighted by Crippen LogP contribution is -2.23. The van der Waals surface area contributed by atoms with Crippen molar-refractivity contribution >= 4 is 11.9 Å². The van der Waals surface area contributed by atoms with E-state index in [0.717, 1.165) is 11.1 Å². The molecule has 0 saturated heterocycles. The number of nitriles is 1. The first-order chi connectivity index (χ1) is 14.5. The van der Waals surface area contributed by atoms with E-state index in [1.54, 1.807) is 36.4 Å². The summed E-state index contributed by atoms with van der Waals surface area (Å²) in [6.07, 6.45) is 2.04. The van der Waals surface area contributed by atoms with Gasteiger partial charge in [0.1, 0.15) is 5.69 Å². The molecule has 0 aliphatic carbocycles. The van der Waals surface area contributed by atoms with Crippen LogP contribution in [0.1, 0.15) is 43.1 Å². The molecular formula is C24H17N3O3. The molecule has 1 heterocycles. The molecule has 6 heteroatoms. The number of amides is 1. The zero-order chi connectivity index (χ0) is 21.3. The second-order valence-electron chi connectivity index (χ2n) is 6.40. The molecule has 3 aromatic rings. The first kappa shape index (κ1) is 20.3. The van der Waals surface area contributed by atoms with Crippen LogP contribution < -0.4 is 5.32 Å². The molecule has 1 aromatic heterocycles. The summed E-state index contributed by atoms with van der Waals surface area (Å²) in [4.78, 5) is 27.4. The number of pyridine rings is 1. The zero-order valence-corrected chi connectivity index (χ0v) is 15.9. The fourth-order valence-corrected chi connectivity index (χ4v) is 2.62. The lowest BCUT2D eigenvalue weighted by Gasteiger charge is -2.06. The molecule has 0 unspecified atom stereocenters. The van der Waals surface area contributed by atoms with Gasteiger partial charge in [0.05, 0.1) is 17.2 Å². The van der Waals surface area contributed by atoms with Crippen LogP contribution in [0.3, 0.4) is 0 Å². The lowest BCUT2D eigenvalue weighted by molar-refractivity contribution is 0.0696. The summed E-state index contributed by atoms with van der Waals surface area (Å²) >= 11 is 0. The average Bonchev–Trinajstić information content (AvgIpc) is 2.78. The molecule has 3 rings (SSSR count). The van der Waals surface area contributed by atoms with Gasteiger partial charge < -0.3 is 10.4 Å². The van der Waals surface area contributed by atoms with Crippen LogP contribution in [0, 0.1) is 23.2 Å². The number of carboxylic acids is 1. The maximum absolute atomic E-state index is 12.4. The van der Waals surface area contributed by atoms with E-state index in [0.29, 0.717) is 23.2 Å². The van der Waals surface area contributed by atoms with Crippen molar-refractivity contribution in [2.24, 2.45) is 0 Å². The fraction of sp³-hybridized carbons (Fsp3) is 0.0833. The maximum Gasteiger partial charge on any atom is 0.335 e. The molecule has 2 N–H and O–H groups in total. The van der Waals surface area contributed by atoms with Crippen molar-refractivity contribution in [3.8, 4) is 17.9 Å². The molecule has 2 aromatic carbocycles. The molecule has 0 spiro atoms. The number of hydrogen-bond acceptors (Lipinski definition) is 4. The second kappa shape index (κ2) is 9.68. The lowest BCUT2D eigenvalue weighted by atomic mass is 10.1. The average molecular weight is 395 g/mol. The Labute approximate surface area is 173 Å². The third kappa shape index (κ3) is 5.54. The molecular weight excluding hydrogens is 378 g/mol. The smallest absolute Gasteiger partial charge is 0.335 e. The van der Waals surface area contributed by atoms with Crippen LogP contribution in [-0.2, 0) is 13.0 Å². The number of hydrogen-bond donors (Lipinski definition) is 2. The van der Waals surface area contributed by atoms with Crippen LogP contribution >= 0.6 is 0 Å². The van der Waals surface area contributed by atoms with Gasteiger partial charge in [0.25, 0.3) is 5.91 Å². The number of carboxylic acid groups (broad SMARTS) is 1. The number of rotatable bonds is 5. The van der Waals surface area contributed by atoms with E-state index in [4.69, 9.17) is 10.4 Å². The van der Waals surface area contributed by atoms with Gasteiger partial charge in [-0.05, 0) is 53.4 Å². The number of nitrogens with one attached hydrogen (secondary N) is 1. The topological polar surface area (TPSA) is 103 Å². The maximum atomic E-state index is 12.4. The van der Waals surface area contributed by atoms with E-state index in [1.807, 2.05) is 12.1 Å². The van der Waals surface area contributed by atoms with Crippen molar-refractivity contribution in [2.75, 3.05) is 0 Å². The highest BCUT2D eigenvalue weighted by Gasteiger charge is 2.07. The molecule has 0 saturated carbocycles. The van der Waals surface area contributed by atoms with E-state index in [2.05, 4.69) is 28.2 Å². The van der Waals surface area contributed by atoms with E-state index >= 15 is 0 Å². The molecule has 0 bridgehead atoms. The highest BCUT2D eigenvalue weighted by atomic mass is 16.4. The van der Waals surface area contributed by atoms with Crippen molar-refractivity contribution < 1.29 is 14.7 Å². The fourth-order valence-electron chi connectivity index (χ4n) is 2.62. The molecule has 0 aliphatic heterocycles. The Bertz CT molecular complexity index is 1170. The van der Waals surface area contributed by atoms with Crippen LogP contribution in [0.25, 0.3) is 0 Å². The van der Waals surface area contributed by atoms with Gasteiger partial charge in [0.2, 0.25) is 0 Å². The van der Waals surface area contributed by atoms with Crippen LogP contribution in [0.15, 0.2) is 66.9 Å². The third-order valence-electron chi connectivity index (χ3n) is 4.27. The summed E-state index contributed by atoms with van der Waals surface area (Å²) < 4.78 is 0. The van der Waals surface area contributed by atoms with E-state index < -0.39 is 5.97 Å². The highest BCUT2D eigenvalue weighted by molar-refractivity contribution is 5.94. The molecule has 0 aliphatic rings. The predicted molar refractivity (Wildman–Crippen MR) is 111 cm³/mol. The van der Waals surface area contributed by atoms with Gasteiger partial charge in [-0.3, -0.25) is 4.79 Å². The summed E-state index contributed by atoms with van der Waals surface area (Å²) in [6, 6.07) is 18.8. The number of nitrogens with zero attached hydrogens (tertiary/aromatic N) is 2. The minimum Gasteiger partial charge on any atom is -0.478 e. The Morgan fingerprint density at radius 3 is 2.33 bits per heavy atom. The first-order valence-corrected chi connectivity index (χ1v) is 9.09. The molecule has 1 amide bonds. The summed E-state index contributed by atoms with van der Waals surface area (Å²) in [5, 5.41) is 20.5. The Kier molecular flexibility index (Phi) is 6.55. The minimum atomic E-state index is -0.991. The van der Waals surface area contributed by atoms with Crippen LogP contribution in [-0.4, -0.2) is 22.0 Å². The van der Waals surface area contributed by atoms with Crippen molar-refractivity contribution in [1.29, 1.82) is 5.26 Å². The summed E-state index contributed by atoms with van der Waals surface area (Å²) in [7, 11) is 0. The Balaban J connectivity index is 1.59.